The summed E-state index contributed by atoms with van der Waals surface area (Å²) >= 11 is 0. The first-order valence-electron chi connectivity index (χ1n) is 9.90. The van der Waals surface area contributed by atoms with E-state index in [4.69, 9.17) is 11.6 Å². The van der Waals surface area contributed by atoms with Gasteiger partial charge in [0.25, 0.3) is 0 Å². The summed E-state index contributed by atoms with van der Waals surface area (Å²) in [6.45, 7) is 4.72. The zero-order valence-electron chi connectivity index (χ0n) is 17.4. The SMILES string of the molecule is CCc1cc(-c2ccc(NC(C)CN)nc2)ccc1N(O)CC(O)CN=C/C=N\N. The predicted octanol–water partition coefficient (Wildman–Crippen LogP) is 1.64. The third-order valence-electron chi connectivity index (χ3n) is 4.54. The summed E-state index contributed by atoms with van der Waals surface area (Å²) < 4.78 is 0. The van der Waals surface area contributed by atoms with E-state index in [0.29, 0.717) is 12.2 Å². The van der Waals surface area contributed by atoms with Gasteiger partial charge in [0.1, 0.15) is 5.82 Å². The van der Waals surface area contributed by atoms with Gasteiger partial charge in [-0.15, -0.1) is 0 Å². The molecule has 9 heteroatoms. The lowest BCUT2D eigenvalue weighted by Gasteiger charge is -2.23. The van der Waals surface area contributed by atoms with Crippen LogP contribution in [0.25, 0.3) is 11.1 Å². The molecule has 0 radical (unpaired) electrons. The molecule has 2 aromatic rings. The van der Waals surface area contributed by atoms with Crippen LogP contribution in [0.3, 0.4) is 0 Å². The largest absolute Gasteiger partial charge is 0.389 e. The molecule has 1 aromatic carbocycles. The summed E-state index contributed by atoms with van der Waals surface area (Å²) in [5, 5.41) is 28.1. The number of anilines is 2. The standard InChI is InChI=1S/C21H31N7O2/c1-3-16-10-17(18-5-7-21(25-12-18)27-15(2)11-22)4-6-20(16)28(30)14-19(29)13-24-8-9-26-23/h4-10,12,15,19,29-30H,3,11,13-14,22-23H2,1-2H3,(H,25,27)/b24-8?,26-9-. The van der Waals surface area contributed by atoms with E-state index < -0.39 is 6.10 Å². The molecule has 2 atom stereocenters. The first-order chi connectivity index (χ1) is 14.5. The van der Waals surface area contributed by atoms with Crippen LogP contribution in [-0.2, 0) is 6.42 Å². The smallest absolute Gasteiger partial charge is 0.126 e. The van der Waals surface area contributed by atoms with Gasteiger partial charge in [-0.3, -0.25) is 15.3 Å². The van der Waals surface area contributed by atoms with Gasteiger partial charge in [-0.1, -0.05) is 13.0 Å². The maximum Gasteiger partial charge on any atom is 0.126 e. The second-order valence-electron chi connectivity index (χ2n) is 6.96. The van der Waals surface area contributed by atoms with Crippen molar-refractivity contribution in [2.45, 2.75) is 32.4 Å². The lowest BCUT2D eigenvalue weighted by atomic mass is 10.0. The van der Waals surface area contributed by atoms with E-state index >= 15 is 0 Å². The number of aliphatic hydroxyl groups excluding tert-OH is 1. The van der Waals surface area contributed by atoms with Crippen molar-refractivity contribution >= 4 is 23.9 Å². The van der Waals surface area contributed by atoms with Crippen LogP contribution < -0.4 is 22.0 Å². The molecule has 162 valence electrons. The van der Waals surface area contributed by atoms with Crippen molar-refractivity contribution in [1.29, 1.82) is 0 Å². The van der Waals surface area contributed by atoms with Gasteiger partial charge in [0.05, 0.1) is 31.1 Å². The van der Waals surface area contributed by atoms with Crippen LogP contribution in [0, 0.1) is 0 Å². The molecule has 0 spiro atoms. The number of nitrogens with two attached hydrogens (primary N) is 2. The van der Waals surface area contributed by atoms with Gasteiger partial charge < -0.3 is 22.0 Å². The van der Waals surface area contributed by atoms with E-state index in [2.05, 4.69) is 20.4 Å². The van der Waals surface area contributed by atoms with Gasteiger partial charge in [0.2, 0.25) is 0 Å². The van der Waals surface area contributed by atoms with Crippen molar-refractivity contribution in [3.63, 3.8) is 0 Å². The highest BCUT2D eigenvalue weighted by molar-refractivity contribution is 6.15. The molecule has 7 N–H and O–H groups in total. The number of rotatable bonds is 11. The maximum atomic E-state index is 10.5. The molecule has 0 saturated carbocycles. The Morgan fingerprint density at radius 3 is 2.63 bits per heavy atom. The average molecular weight is 414 g/mol. The van der Waals surface area contributed by atoms with Gasteiger partial charge >= 0.3 is 0 Å². The summed E-state index contributed by atoms with van der Waals surface area (Å²) in [7, 11) is 0. The van der Waals surface area contributed by atoms with Crippen molar-refractivity contribution in [3.05, 3.63) is 42.1 Å². The van der Waals surface area contributed by atoms with Crippen LogP contribution >= 0.6 is 0 Å². The molecule has 2 rings (SSSR count). The Bertz CT molecular complexity index is 840. The highest BCUT2D eigenvalue weighted by atomic mass is 16.5. The number of hydrogen-bond donors (Lipinski definition) is 5. The number of hydrazone groups is 1. The number of aryl methyl sites for hydroxylation is 1. The number of nitrogens with one attached hydrogen (secondary N) is 1. The molecule has 0 saturated heterocycles. The minimum atomic E-state index is -0.832. The Morgan fingerprint density at radius 1 is 1.23 bits per heavy atom. The fourth-order valence-electron chi connectivity index (χ4n) is 2.89. The highest BCUT2D eigenvalue weighted by Crippen LogP contribution is 2.28. The number of aromatic nitrogens is 1. The van der Waals surface area contributed by atoms with E-state index in [9.17, 15) is 10.3 Å². The lowest BCUT2D eigenvalue weighted by molar-refractivity contribution is 0.143. The second kappa shape index (κ2) is 11.9. The van der Waals surface area contributed by atoms with Crippen LogP contribution in [-0.4, -0.2) is 59.5 Å². The number of hydroxylamine groups is 1. The summed E-state index contributed by atoms with van der Waals surface area (Å²) in [6.07, 6.45) is 4.43. The molecule has 0 aliphatic rings. The average Bonchev–Trinajstić information content (AvgIpc) is 2.76. The molecule has 0 aliphatic carbocycles. The number of aliphatic imine (C=N–C) groups is 1. The number of benzene rings is 1. The van der Waals surface area contributed by atoms with E-state index in [-0.39, 0.29) is 19.1 Å². The first-order valence-corrected chi connectivity index (χ1v) is 9.90. The van der Waals surface area contributed by atoms with Crippen molar-refractivity contribution < 1.29 is 10.3 Å². The molecule has 0 amide bonds. The topological polar surface area (TPSA) is 145 Å². The Labute approximate surface area is 177 Å². The maximum absolute atomic E-state index is 10.5. The summed E-state index contributed by atoms with van der Waals surface area (Å²) in [5.74, 6) is 5.75. The quantitative estimate of drug-likeness (QED) is 0.214. The fourth-order valence-corrected chi connectivity index (χ4v) is 2.89. The van der Waals surface area contributed by atoms with Gasteiger partial charge in [-0.25, -0.2) is 4.98 Å². The Kier molecular flexibility index (Phi) is 9.20. The van der Waals surface area contributed by atoms with Crippen LogP contribution in [0.2, 0.25) is 0 Å². The second-order valence-corrected chi connectivity index (χ2v) is 6.96. The van der Waals surface area contributed by atoms with Gasteiger partial charge in [0.15, 0.2) is 0 Å². The van der Waals surface area contributed by atoms with Crippen molar-refractivity contribution in [1.82, 2.24) is 4.98 Å². The normalized spacial score (nSPS) is 13.6. The van der Waals surface area contributed by atoms with E-state index in [1.165, 1.54) is 12.4 Å². The third kappa shape index (κ3) is 6.80. The Morgan fingerprint density at radius 2 is 2.00 bits per heavy atom. The van der Waals surface area contributed by atoms with E-state index in [0.717, 1.165) is 34.0 Å². The highest BCUT2D eigenvalue weighted by Gasteiger charge is 2.14. The minimum Gasteiger partial charge on any atom is -0.389 e. The molecule has 0 bridgehead atoms. The number of nitrogens with zero attached hydrogens (tertiary/aromatic N) is 4. The van der Waals surface area contributed by atoms with Crippen LogP contribution in [0.1, 0.15) is 19.4 Å². The first kappa shape index (κ1) is 23.3. The monoisotopic (exact) mass is 413 g/mol. The van der Waals surface area contributed by atoms with E-state index in [1.54, 1.807) is 0 Å². The number of hydrogen-bond acceptors (Lipinski definition) is 9. The summed E-state index contributed by atoms with van der Waals surface area (Å²) in [6, 6.07) is 9.86. The molecule has 0 fully saturated rings. The molecule has 9 nitrogen and oxygen atoms in total. The molecule has 1 heterocycles. The van der Waals surface area contributed by atoms with Crippen LogP contribution in [0.4, 0.5) is 11.5 Å². The summed E-state index contributed by atoms with van der Waals surface area (Å²) in [5.41, 5.74) is 9.21. The van der Waals surface area contributed by atoms with E-state index in [1.807, 2.05) is 50.4 Å². The van der Waals surface area contributed by atoms with Crippen molar-refractivity contribution in [2.75, 3.05) is 30.0 Å². The molecule has 2 unspecified atom stereocenters. The lowest BCUT2D eigenvalue weighted by Crippen LogP contribution is -2.32. The number of aliphatic hydroxyl groups is 1. The Hall–Kier alpha value is -3.01. The molecular formula is C21H31N7O2. The van der Waals surface area contributed by atoms with Crippen molar-refractivity contribution in [2.24, 2.45) is 21.7 Å². The zero-order chi connectivity index (χ0) is 21.9. The van der Waals surface area contributed by atoms with Gasteiger partial charge in [-0.2, -0.15) is 5.10 Å². The molecule has 1 aromatic heterocycles. The van der Waals surface area contributed by atoms with Gasteiger partial charge in [-0.05, 0) is 48.7 Å². The number of pyridine rings is 1. The summed E-state index contributed by atoms with van der Waals surface area (Å²) in [4.78, 5) is 8.42. The Balaban J connectivity index is 2.10. The predicted molar refractivity (Wildman–Crippen MR) is 122 cm³/mol. The third-order valence-corrected chi connectivity index (χ3v) is 4.54. The molecule has 30 heavy (non-hydrogen) atoms. The van der Waals surface area contributed by atoms with Crippen molar-refractivity contribution in [3.8, 4) is 11.1 Å². The van der Waals surface area contributed by atoms with Gasteiger partial charge in [0, 0.05) is 30.6 Å². The van der Waals surface area contributed by atoms with Crippen LogP contribution in [0.5, 0.6) is 0 Å². The van der Waals surface area contributed by atoms with Crippen LogP contribution in [0.15, 0.2) is 46.6 Å². The minimum absolute atomic E-state index is 0.0324. The molecular weight excluding hydrogens is 382 g/mol. The molecule has 0 aliphatic heterocycles. The fraction of sp³-hybridized carbons (Fsp3) is 0.381. The zero-order valence-corrected chi connectivity index (χ0v) is 17.4.